The van der Waals surface area contributed by atoms with Gasteiger partial charge in [-0.3, -0.25) is 9.59 Å². The average Bonchev–Trinajstić information content (AvgIpc) is 2.64. The molecule has 2 heterocycles. The highest BCUT2D eigenvalue weighted by atomic mass is 19.4. The minimum Gasteiger partial charge on any atom is -0.355 e. The monoisotopic (exact) mass is 292 g/mol. The first-order valence-electron chi connectivity index (χ1n) is 6.79. The highest BCUT2D eigenvalue weighted by Crippen LogP contribution is 2.45. The lowest BCUT2D eigenvalue weighted by molar-refractivity contribution is -0.192. The van der Waals surface area contributed by atoms with E-state index in [9.17, 15) is 22.8 Å². The molecule has 0 spiro atoms. The van der Waals surface area contributed by atoms with E-state index in [0.717, 1.165) is 0 Å². The van der Waals surface area contributed by atoms with Gasteiger partial charge in [-0.1, -0.05) is 0 Å². The third-order valence-electron chi connectivity index (χ3n) is 4.47. The molecule has 2 saturated heterocycles. The van der Waals surface area contributed by atoms with E-state index in [4.69, 9.17) is 0 Å². The predicted molar refractivity (Wildman–Crippen MR) is 65.7 cm³/mol. The van der Waals surface area contributed by atoms with Crippen LogP contribution >= 0.6 is 0 Å². The lowest BCUT2D eigenvalue weighted by Gasteiger charge is -2.39. The second kappa shape index (κ2) is 4.93. The maximum absolute atomic E-state index is 13.0. The molecule has 0 aromatic rings. The summed E-state index contributed by atoms with van der Waals surface area (Å²) in [6, 6.07) is 0. The number of rotatable bonds is 1. The number of nitrogens with one attached hydrogen (secondary N) is 1. The van der Waals surface area contributed by atoms with E-state index < -0.39 is 23.6 Å². The molecule has 0 saturated carbocycles. The summed E-state index contributed by atoms with van der Waals surface area (Å²) in [5.41, 5.74) is -1.23. The molecule has 0 aromatic carbocycles. The van der Waals surface area contributed by atoms with Crippen LogP contribution in [0.1, 0.15) is 33.1 Å². The van der Waals surface area contributed by atoms with E-state index in [1.165, 1.54) is 18.7 Å². The van der Waals surface area contributed by atoms with Crippen LogP contribution in [-0.4, -0.2) is 41.5 Å². The Labute approximate surface area is 115 Å². The quantitative estimate of drug-likeness (QED) is 0.800. The number of hydrogen-bond acceptors (Lipinski definition) is 2. The van der Waals surface area contributed by atoms with Crippen molar-refractivity contribution in [3.05, 3.63) is 0 Å². The van der Waals surface area contributed by atoms with Crippen molar-refractivity contribution in [1.82, 2.24) is 10.2 Å². The molecule has 0 bridgehead atoms. The molecule has 0 aromatic heterocycles. The van der Waals surface area contributed by atoms with Gasteiger partial charge in [-0.15, -0.1) is 0 Å². The van der Waals surface area contributed by atoms with Crippen molar-refractivity contribution in [2.75, 3.05) is 13.1 Å². The number of halogens is 3. The van der Waals surface area contributed by atoms with Crippen molar-refractivity contribution in [3.8, 4) is 0 Å². The van der Waals surface area contributed by atoms with Crippen molar-refractivity contribution in [1.29, 1.82) is 0 Å². The van der Waals surface area contributed by atoms with Crippen LogP contribution < -0.4 is 5.32 Å². The third-order valence-corrected chi connectivity index (χ3v) is 4.47. The van der Waals surface area contributed by atoms with Gasteiger partial charge in [0.05, 0.1) is 11.8 Å². The van der Waals surface area contributed by atoms with Gasteiger partial charge in [-0.05, 0) is 26.7 Å². The van der Waals surface area contributed by atoms with Crippen LogP contribution in [0, 0.1) is 11.8 Å². The largest absolute Gasteiger partial charge is 0.394 e. The summed E-state index contributed by atoms with van der Waals surface area (Å²) >= 11 is 0. The van der Waals surface area contributed by atoms with Crippen LogP contribution in [-0.2, 0) is 9.59 Å². The number of amides is 2. The lowest BCUT2D eigenvalue weighted by Crippen LogP contribution is -2.53. The van der Waals surface area contributed by atoms with E-state index in [-0.39, 0.29) is 37.7 Å². The second-order valence-corrected chi connectivity index (χ2v) is 6.07. The van der Waals surface area contributed by atoms with E-state index >= 15 is 0 Å². The number of hydrogen-bond donors (Lipinski definition) is 1. The molecule has 1 N–H and O–H groups in total. The molecular weight excluding hydrogens is 273 g/mol. The molecule has 114 valence electrons. The Morgan fingerprint density at radius 2 is 2.00 bits per heavy atom. The number of piperidine rings is 1. The lowest BCUT2D eigenvalue weighted by atomic mass is 9.87. The maximum Gasteiger partial charge on any atom is 0.394 e. The van der Waals surface area contributed by atoms with Gasteiger partial charge in [-0.2, -0.15) is 13.2 Å². The fourth-order valence-electron chi connectivity index (χ4n) is 3.21. The van der Waals surface area contributed by atoms with E-state index in [1.807, 2.05) is 0 Å². The number of nitrogens with zero attached hydrogens (tertiary/aromatic N) is 1. The molecule has 4 nitrogen and oxygen atoms in total. The van der Waals surface area contributed by atoms with E-state index in [0.29, 0.717) is 6.42 Å². The summed E-state index contributed by atoms with van der Waals surface area (Å²) in [4.78, 5) is 24.8. The number of alkyl halides is 3. The molecular formula is C13H19F3N2O2. The number of likely N-dealkylation sites (tertiary alicyclic amines) is 1. The zero-order chi connectivity index (χ0) is 15.1. The molecule has 2 rings (SSSR count). The topological polar surface area (TPSA) is 49.4 Å². The van der Waals surface area contributed by atoms with Gasteiger partial charge in [0.2, 0.25) is 11.8 Å². The Kier molecular flexibility index (Phi) is 3.73. The van der Waals surface area contributed by atoms with Crippen molar-refractivity contribution in [3.63, 3.8) is 0 Å². The first-order chi connectivity index (χ1) is 9.14. The Morgan fingerprint density at radius 1 is 1.35 bits per heavy atom. The molecule has 0 aliphatic carbocycles. The Hall–Kier alpha value is -1.27. The molecule has 20 heavy (non-hydrogen) atoms. The number of carbonyl (C=O) groups is 2. The van der Waals surface area contributed by atoms with E-state index in [2.05, 4.69) is 5.32 Å². The first-order valence-corrected chi connectivity index (χ1v) is 6.79. The average molecular weight is 292 g/mol. The Morgan fingerprint density at radius 3 is 2.45 bits per heavy atom. The van der Waals surface area contributed by atoms with Crippen LogP contribution in [0.4, 0.5) is 13.2 Å². The standard InChI is InChI=1S/C13H19F3N2O2/c1-12(2)9(13(14,15)16)5-6-18(12)11(20)8-3-4-10(19)17-7-8/h8-9H,3-7H2,1-2H3,(H,17,19). The molecule has 2 aliphatic rings. The molecule has 2 unspecified atom stereocenters. The Balaban J connectivity index is 2.10. The summed E-state index contributed by atoms with van der Waals surface area (Å²) in [7, 11) is 0. The van der Waals surface area contributed by atoms with Crippen LogP contribution in [0.5, 0.6) is 0 Å². The summed E-state index contributed by atoms with van der Waals surface area (Å²) in [5, 5.41) is 2.60. The predicted octanol–water partition coefficient (Wildman–Crippen LogP) is 1.70. The molecule has 2 aliphatic heterocycles. The number of carbonyl (C=O) groups excluding carboxylic acids is 2. The molecule has 2 fully saturated rings. The van der Waals surface area contributed by atoms with Gasteiger partial charge in [0.15, 0.2) is 0 Å². The van der Waals surface area contributed by atoms with Gasteiger partial charge in [0.1, 0.15) is 0 Å². The van der Waals surface area contributed by atoms with E-state index in [1.54, 1.807) is 0 Å². The summed E-state index contributed by atoms with van der Waals surface area (Å²) in [6.45, 7) is 3.29. The molecule has 2 atom stereocenters. The maximum atomic E-state index is 13.0. The second-order valence-electron chi connectivity index (χ2n) is 6.07. The van der Waals surface area contributed by atoms with Gasteiger partial charge in [0.25, 0.3) is 0 Å². The van der Waals surface area contributed by atoms with Crippen LogP contribution in [0.15, 0.2) is 0 Å². The van der Waals surface area contributed by atoms with Crippen LogP contribution in [0.25, 0.3) is 0 Å². The van der Waals surface area contributed by atoms with Crippen molar-refractivity contribution < 1.29 is 22.8 Å². The van der Waals surface area contributed by atoms with Crippen molar-refractivity contribution in [2.45, 2.75) is 44.8 Å². The van der Waals surface area contributed by atoms with Gasteiger partial charge < -0.3 is 10.2 Å². The highest BCUT2D eigenvalue weighted by Gasteiger charge is 2.56. The van der Waals surface area contributed by atoms with Crippen LogP contribution in [0.2, 0.25) is 0 Å². The fraction of sp³-hybridized carbons (Fsp3) is 0.846. The molecule has 7 heteroatoms. The summed E-state index contributed by atoms with van der Waals surface area (Å²) < 4.78 is 39.0. The molecule has 0 radical (unpaired) electrons. The Bertz CT molecular complexity index is 410. The highest BCUT2D eigenvalue weighted by molar-refractivity contribution is 5.84. The molecule has 2 amide bonds. The first kappa shape index (κ1) is 15.1. The van der Waals surface area contributed by atoms with Gasteiger partial charge in [-0.25, -0.2) is 0 Å². The zero-order valence-corrected chi connectivity index (χ0v) is 11.6. The fourth-order valence-corrected chi connectivity index (χ4v) is 3.21. The summed E-state index contributed by atoms with van der Waals surface area (Å²) in [6.07, 6.45) is -3.68. The van der Waals surface area contributed by atoms with Crippen molar-refractivity contribution in [2.24, 2.45) is 11.8 Å². The smallest absolute Gasteiger partial charge is 0.355 e. The minimum atomic E-state index is -4.29. The van der Waals surface area contributed by atoms with Gasteiger partial charge >= 0.3 is 6.18 Å². The minimum absolute atomic E-state index is 0.0542. The third kappa shape index (κ3) is 2.62. The SMILES string of the molecule is CC1(C)C(C(F)(F)F)CCN1C(=O)C1CCC(=O)NC1. The van der Waals surface area contributed by atoms with Gasteiger partial charge in [0, 0.05) is 25.0 Å². The van der Waals surface area contributed by atoms with Crippen LogP contribution in [0.3, 0.4) is 0 Å². The normalized spacial score (nSPS) is 30.2. The van der Waals surface area contributed by atoms with Crippen molar-refractivity contribution >= 4 is 11.8 Å². The summed E-state index contributed by atoms with van der Waals surface area (Å²) in [5.74, 6) is -2.28. The zero-order valence-electron chi connectivity index (χ0n) is 11.6.